The molecule has 0 aliphatic carbocycles. The zero-order valence-corrected chi connectivity index (χ0v) is 18.6. The van der Waals surface area contributed by atoms with Crippen molar-refractivity contribution in [1.29, 1.82) is 0 Å². The van der Waals surface area contributed by atoms with Crippen LogP contribution >= 0.6 is 22.9 Å². The molecule has 4 heterocycles. The minimum absolute atomic E-state index is 0.0762. The minimum atomic E-state index is 0.0762. The van der Waals surface area contributed by atoms with Gasteiger partial charge in [-0.25, -0.2) is 9.97 Å². The van der Waals surface area contributed by atoms with Crippen molar-refractivity contribution in [3.63, 3.8) is 0 Å². The van der Waals surface area contributed by atoms with E-state index >= 15 is 0 Å². The number of hydrogen-bond acceptors (Lipinski definition) is 6. The van der Waals surface area contributed by atoms with Crippen LogP contribution in [0.15, 0.2) is 48.8 Å². The monoisotopic (exact) mass is 452 g/mol. The van der Waals surface area contributed by atoms with E-state index in [4.69, 9.17) is 11.6 Å². The molecule has 1 saturated heterocycles. The summed E-state index contributed by atoms with van der Waals surface area (Å²) in [5.41, 5.74) is 2.06. The van der Waals surface area contributed by atoms with Crippen molar-refractivity contribution in [1.82, 2.24) is 24.6 Å². The second kappa shape index (κ2) is 8.28. The number of halogens is 1. The Labute approximate surface area is 188 Å². The molecule has 0 radical (unpaired) electrons. The Morgan fingerprint density at radius 3 is 2.52 bits per heavy atom. The third kappa shape index (κ3) is 4.00. The zero-order valence-electron chi connectivity index (χ0n) is 17.0. The van der Waals surface area contributed by atoms with Gasteiger partial charge in [0, 0.05) is 49.0 Å². The van der Waals surface area contributed by atoms with Gasteiger partial charge >= 0.3 is 0 Å². The molecule has 1 fully saturated rings. The molecule has 0 spiro atoms. The number of aryl methyl sites for hydroxylation is 1. The fourth-order valence-electron chi connectivity index (χ4n) is 3.81. The minimum Gasteiger partial charge on any atom is -0.337 e. The van der Waals surface area contributed by atoms with Crippen LogP contribution in [0.1, 0.15) is 20.9 Å². The molecule has 0 unspecified atom stereocenters. The Morgan fingerprint density at radius 2 is 1.81 bits per heavy atom. The van der Waals surface area contributed by atoms with Crippen LogP contribution in [0.5, 0.6) is 0 Å². The molecule has 0 atom stereocenters. The van der Waals surface area contributed by atoms with E-state index in [1.807, 2.05) is 46.8 Å². The van der Waals surface area contributed by atoms with E-state index in [0.29, 0.717) is 24.7 Å². The first-order valence-corrected chi connectivity index (χ1v) is 11.3. The Hall–Kier alpha value is -2.97. The SMILES string of the molecule is Cc1nn(Cc2ccc(Cl)cc2)c2sc(C(=O)N3CCN(c4ncccn4)CC3)cc12. The Bertz CT molecular complexity index is 1210. The number of anilines is 1. The molecule has 5 rings (SSSR count). The van der Waals surface area contributed by atoms with Crippen molar-refractivity contribution >= 4 is 45.0 Å². The lowest BCUT2D eigenvalue weighted by atomic mass is 10.2. The molecular formula is C22H21ClN6OS. The number of amides is 1. The van der Waals surface area contributed by atoms with Gasteiger partial charge in [-0.1, -0.05) is 23.7 Å². The number of hydrogen-bond donors (Lipinski definition) is 0. The predicted molar refractivity (Wildman–Crippen MR) is 123 cm³/mol. The summed E-state index contributed by atoms with van der Waals surface area (Å²) in [5.74, 6) is 0.793. The van der Waals surface area contributed by atoms with Crippen molar-refractivity contribution < 1.29 is 4.79 Å². The molecule has 1 aliphatic heterocycles. The molecule has 4 aromatic rings. The first-order chi connectivity index (χ1) is 15.1. The van der Waals surface area contributed by atoms with Crippen LogP contribution in [-0.2, 0) is 6.54 Å². The normalized spacial score (nSPS) is 14.4. The fraction of sp³-hybridized carbons (Fsp3) is 0.273. The van der Waals surface area contributed by atoms with E-state index in [2.05, 4.69) is 20.0 Å². The van der Waals surface area contributed by atoms with Gasteiger partial charge in [0.05, 0.1) is 17.1 Å². The van der Waals surface area contributed by atoms with Gasteiger partial charge in [-0.3, -0.25) is 9.48 Å². The van der Waals surface area contributed by atoms with E-state index in [-0.39, 0.29) is 5.91 Å². The van der Waals surface area contributed by atoms with Gasteiger partial charge in [-0.15, -0.1) is 11.3 Å². The Kier molecular flexibility index (Phi) is 5.33. The third-order valence-corrected chi connectivity index (χ3v) is 6.85. The predicted octanol–water partition coefficient (Wildman–Crippen LogP) is 3.86. The van der Waals surface area contributed by atoms with E-state index in [1.165, 1.54) is 11.3 Å². The maximum Gasteiger partial charge on any atom is 0.264 e. The highest BCUT2D eigenvalue weighted by Gasteiger charge is 2.25. The van der Waals surface area contributed by atoms with Crippen molar-refractivity contribution in [2.45, 2.75) is 13.5 Å². The lowest BCUT2D eigenvalue weighted by Crippen LogP contribution is -2.49. The Balaban J connectivity index is 1.32. The smallest absolute Gasteiger partial charge is 0.264 e. The van der Waals surface area contributed by atoms with Crippen LogP contribution in [0.2, 0.25) is 5.02 Å². The number of carbonyl (C=O) groups excluding carboxylic acids is 1. The summed E-state index contributed by atoms with van der Waals surface area (Å²) in [7, 11) is 0. The van der Waals surface area contributed by atoms with Gasteiger partial charge in [0.25, 0.3) is 5.91 Å². The summed E-state index contributed by atoms with van der Waals surface area (Å²) in [6.45, 7) is 5.39. The summed E-state index contributed by atoms with van der Waals surface area (Å²) in [4.78, 5) is 27.6. The number of fused-ring (bicyclic) bond motifs is 1. The van der Waals surface area contributed by atoms with Crippen molar-refractivity contribution in [3.8, 4) is 0 Å². The van der Waals surface area contributed by atoms with Crippen LogP contribution < -0.4 is 4.90 Å². The maximum absolute atomic E-state index is 13.2. The molecule has 9 heteroatoms. The van der Waals surface area contributed by atoms with E-state index in [9.17, 15) is 4.79 Å². The van der Waals surface area contributed by atoms with E-state index in [0.717, 1.165) is 45.4 Å². The molecule has 31 heavy (non-hydrogen) atoms. The summed E-state index contributed by atoms with van der Waals surface area (Å²) >= 11 is 7.51. The second-order valence-corrected chi connectivity index (χ2v) is 8.99. The molecule has 158 valence electrons. The molecule has 1 amide bonds. The van der Waals surface area contributed by atoms with Crippen molar-refractivity contribution in [2.24, 2.45) is 0 Å². The van der Waals surface area contributed by atoms with Crippen LogP contribution in [0.25, 0.3) is 10.2 Å². The Morgan fingerprint density at radius 1 is 1.10 bits per heavy atom. The molecule has 1 aromatic carbocycles. The van der Waals surface area contributed by atoms with Crippen LogP contribution in [0, 0.1) is 6.92 Å². The van der Waals surface area contributed by atoms with E-state index in [1.54, 1.807) is 18.5 Å². The number of nitrogens with zero attached hydrogens (tertiary/aromatic N) is 6. The van der Waals surface area contributed by atoms with Gasteiger partial charge < -0.3 is 9.80 Å². The van der Waals surface area contributed by atoms with Gasteiger partial charge in [0.1, 0.15) is 4.83 Å². The van der Waals surface area contributed by atoms with Gasteiger partial charge in [-0.05, 0) is 36.8 Å². The molecule has 0 saturated carbocycles. The molecule has 3 aromatic heterocycles. The first kappa shape index (κ1) is 20.0. The highest BCUT2D eigenvalue weighted by atomic mass is 35.5. The standard InChI is InChI=1S/C22H21ClN6OS/c1-15-18-13-19(31-21(18)29(26-15)14-16-3-5-17(23)6-4-16)20(30)27-9-11-28(12-10-27)22-24-7-2-8-25-22/h2-8,13H,9-12,14H2,1H3. The number of aromatic nitrogens is 4. The number of carbonyl (C=O) groups is 1. The van der Waals surface area contributed by atoms with Crippen molar-refractivity contribution in [3.05, 3.63) is 69.9 Å². The van der Waals surface area contributed by atoms with Crippen LogP contribution in [-0.4, -0.2) is 56.7 Å². The highest BCUT2D eigenvalue weighted by Crippen LogP contribution is 2.30. The first-order valence-electron chi connectivity index (χ1n) is 10.1. The number of thiophene rings is 1. The topological polar surface area (TPSA) is 67.2 Å². The summed E-state index contributed by atoms with van der Waals surface area (Å²) in [6, 6.07) is 11.6. The van der Waals surface area contributed by atoms with Crippen LogP contribution in [0.4, 0.5) is 5.95 Å². The van der Waals surface area contributed by atoms with Gasteiger partial charge in [-0.2, -0.15) is 5.10 Å². The van der Waals surface area contributed by atoms with E-state index < -0.39 is 0 Å². The van der Waals surface area contributed by atoms with Gasteiger partial charge in [0.15, 0.2) is 0 Å². The molecule has 0 bridgehead atoms. The molecular weight excluding hydrogens is 432 g/mol. The maximum atomic E-state index is 13.2. The number of piperazine rings is 1. The lowest BCUT2D eigenvalue weighted by molar-refractivity contribution is 0.0751. The van der Waals surface area contributed by atoms with Crippen LogP contribution in [0.3, 0.4) is 0 Å². The molecule has 7 nitrogen and oxygen atoms in total. The average molecular weight is 453 g/mol. The summed E-state index contributed by atoms with van der Waals surface area (Å²) in [5, 5.41) is 6.43. The lowest BCUT2D eigenvalue weighted by Gasteiger charge is -2.34. The highest BCUT2D eigenvalue weighted by molar-refractivity contribution is 7.20. The molecule has 0 N–H and O–H groups in total. The molecule has 1 aliphatic rings. The second-order valence-electron chi connectivity index (χ2n) is 7.53. The quantitative estimate of drug-likeness (QED) is 0.470. The fourth-order valence-corrected chi connectivity index (χ4v) is 5.06. The largest absolute Gasteiger partial charge is 0.337 e. The average Bonchev–Trinajstić information content (AvgIpc) is 3.37. The summed E-state index contributed by atoms with van der Waals surface area (Å²) < 4.78 is 1.97. The zero-order chi connectivity index (χ0) is 21.4. The third-order valence-electron chi connectivity index (χ3n) is 5.47. The summed E-state index contributed by atoms with van der Waals surface area (Å²) in [6.07, 6.45) is 3.49. The number of rotatable bonds is 4. The van der Waals surface area contributed by atoms with Gasteiger partial charge in [0.2, 0.25) is 5.95 Å². The van der Waals surface area contributed by atoms with Crippen molar-refractivity contribution in [2.75, 3.05) is 31.1 Å². The number of benzene rings is 1.